The summed E-state index contributed by atoms with van der Waals surface area (Å²) in [6, 6.07) is 5.02. The number of aryl methyl sites for hydroxylation is 1. The van der Waals surface area contributed by atoms with Gasteiger partial charge in [-0.2, -0.15) is 0 Å². The van der Waals surface area contributed by atoms with Crippen LogP contribution in [0.25, 0.3) is 0 Å². The lowest BCUT2D eigenvalue weighted by atomic mass is 9.79. The van der Waals surface area contributed by atoms with E-state index in [0.717, 1.165) is 24.8 Å². The van der Waals surface area contributed by atoms with E-state index in [2.05, 4.69) is 5.32 Å². The smallest absolute Gasteiger partial charge is 0.341 e. The molecule has 1 aliphatic rings. The van der Waals surface area contributed by atoms with Crippen LogP contribution in [0.4, 0.5) is 5.69 Å². The monoisotopic (exact) mass is 293 g/mol. The zero-order valence-corrected chi connectivity index (χ0v) is 12.1. The average Bonchev–Trinajstić information content (AvgIpc) is 2.38. The number of amides is 1. The Bertz CT molecular complexity index is 545. The van der Waals surface area contributed by atoms with Gasteiger partial charge in [-0.3, -0.25) is 4.79 Å². The molecule has 1 aromatic rings. The van der Waals surface area contributed by atoms with Gasteiger partial charge in [-0.25, -0.2) is 4.79 Å². The van der Waals surface area contributed by atoms with Crippen molar-refractivity contribution in [2.75, 3.05) is 19.0 Å². The quantitative estimate of drug-likeness (QED) is 0.837. The molecule has 6 nitrogen and oxygen atoms in total. The van der Waals surface area contributed by atoms with Gasteiger partial charge in [0, 0.05) is 12.8 Å². The minimum Gasteiger partial charge on any atom is -0.482 e. The summed E-state index contributed by atoms with van der Waals surface area (Å²) in [5.74, 6) is -0.714. The van der Waals surface area contributed by atoms with E-state index in [1.54, 1.807) is 25.3 Å². The van der Waals surface area contributed by atoms with Gasteiger partial charge < -0.3 is 19.9 Å². The molecule has 1 saturated carbocycles. The average molecular weight is 293 g/mol. The number of aliphatic carboxylic acids is 1. The predicted molar refractivity (Wildman–Crippen MR) is 76.5 cm³/mol. The number of carboxylic acids is 1. The Morgan fingerprint density at radius 1 is 1.38 bits per heavy atom. The Morgan fingerprint density at radius 2 is 2.10 bits per heavy atom. The Morgan fingerprint density at radius 3 is 2.57 bits per heavy atom. The first kappa shape index (κ1) is 15.3. The fourth-order valence-corrected chi connectivity index (χ4v) is 2.27. The van der Waals surface area contributed by atoms with Crippen molar-refractivity contribution in [3.05, 3.63) is 23.8 Å². The number of carbonyl (C=O) groups excluding carboxylic acids is 1. The van der Waals surface area contributed by atoms with Gasteiger partial charge in [0.25, 0.3) is 5.91 Å². The summed E-state index contributed by atoms with van der Waals surface area (Å²) in [6.07, 6.45) is 2.45. The van der Waals surface area contributed by atoms with Gasteiger partial charge >= 0.3 is 5.97 Å². The first-order chi connectivity index (χ1) is 9.97. The van der Waals surface area contributed by atoms with Gasteiger partial charge in [0.2, 0.25) is 0 Å². The van der Waals surface area contributed by atoms with E-state index in [1.807, 2.05) is 6.92 Å². The van der Waals surface area contributed by atoms with Crippen LogP contribution in [-0.4, -0.2) is 36.3 Å². The molecule has 1 amide bonds. The largest absolute Gasteiger partial charge is 0.482 e. The molecule has 0 unspecified atom stereocenters. The number of rotatable bonds is 6. The predicted octanol–water partition coefficient (Wildman–Crippen LogP) is 1.97. The number of carbonyl (C=O) groups is 2. The van der Waals surface area contributed by atoms with Crippen LogP contribution in [0, 0.1) is 6.92 Å². The molecule has 0 radical (unpaired) electrons. The Hall–Kier alpha value is -2.08. The number of ether oxygens (including phenoxy) is 2. The van der Waals surface area contributed by atoms with Gasteiger partial charge in [-0.15, -0.1) is 0 Å². The highest BCUT2D eigenvalue weighted by Gasteiger charge is 2.44. The molecule has 2 N–H and O–H groups in total. The van der Waals surface area contributed by atoms with Crippen LogP contribution in [-0.2, 0) is 14.3 Å². The molecule has 0 aromatic heterocycles. The van der Waals surface area contributed by atoms with Gasteiger partial charge in [-0.1, -0.05) is 0 Å². The lowest BCUT2D eigenvalue weighted by Crippen LogP contribution is -2.50. The molecular formula is C15H19NO5. The zero-order chi connectivity index (χ0) is 15.5. The highest BCUT2D eigenvalue weighted by molar-refractivity contribution is 5.98. The fourth-order valence-electron chi connectivity index (χ4n) is 2.27. The number of hydrogen-bond acceptors (Lipinski definition) is 4. The Kier molecular flexibility index (Phi) is 4.47. The van der Waals surface area contributed by atoms with E-state index in [-0.39, 0.29) is 5.91 Å². The van der Waals surface area contributed by atoms with Crippen LogP contribution >= 0.6 is 0 Å². The molecular weight excluding hydrogens is 274 g/mol. The summed E-state index contributed by atoms with van der Waals surface area (Å²) < 4.78 is 10.4. The first-order valence-corrected chi connectivity index (χ1v) is 6.79. The van der Waals surface area contributed by atoms with Crippen molar-refractivity contribution in [1.82, 2.24) is 0 Å². The molecule has 0 spiro atoms. The summed E-state index contributed by atoms with van der Waals surface area (Å²) >= 11 is 0. The number of nitrogens with one attached hydrogen (secondary N) is 1. The maximum atomic E-state index is 12.3. The van der Waals surface area contributed by atoms with E-state index >= 15 is 0 Å². The zero-order valence-electron chi connectivity index (χ0n) is 12.1. The van der Waals surface area contributed by atoms with E-state index in [0.29, 0.717) is 11.4 Å². The van der Waals surface area contributed by atoms with Crippen LogP contribution in [0.15, 0.2) is 18.2 Å². The van der Waals surface area contributed by atoms with E-state index < -0.39 is 18.2 Å². The van der Waals surface area contributed by atoms with Crippen molar-refractivity contribution in [2.45, 2.75) is 31.8 Å². The molecule has 114 valence electrons. The third kappa shape index (κ3) is 3.33. The van der Waals surface area contributed by atoms with Gasteiger partial charge in [0.1, 0.15) is 11.4 Å². The Balaban J connectivity index is 2.04. The van der Waals surface area contributed by atoms with Crippen molar-refractivity contribution in [1.29, 1.82) is 0 Å². The number of hydrogen-bond donors (Lipinski definition) is 2. The number of anilines is 1. The number of carboxylic acid groups (broad SMARTS) is 1. The summed E-state index contributed by atoms with van der Waals surface area (Å²) in [5, 5.41) is 11.4. The normalized spacial score (nSPS) is 15.9. The van der Waals surface area contributed by atoms with E-state index in [1.165, 1.54) is 0 Å². The van der Waals surface area contributed by atoms with Gasteiger partial charge in [0.05, 0.1) is 0 Å². The third-order valence-corrected chi connectivity index (χ3v) is 3.77. The van der Waals surface area contributed by atoms with Crippen LogP contribution < -0.4 is 10.1 Å². The second-order valence-electron chi connectivity index (χ2n) is 5.17. The molecule has 0 heterocycles. The SMILES string of the molecule is COC1(C(=O)Nc2ccc(OCC(=O)O)cc2C)CCC1. The highest BCUT2D eigenvalue weighted by atomic mass is 16.5. The topological polar surface area (TPSA) is 84.9 Å². The molecule has 0 aliphatic heterocycles. The number of methoxy groups -OCH3 is 1. The third-order valence-electron chi connectivity index (χ3n) is 3.77. The molecule has 1 fully saturated rings. The van der Waals surface area contributed by atoms with Crippen molar-refractivity contribution in [2.24, 2.45) is 0 Å². The van der Waals surface area contributed by atoms with Crippen LogP contribution in [0.1, 0.15) is 24.8 Å². The lowest BCUT2D eigenvalue weighted by Gasteiger charge is -2.38. The summed E-state index contributed by atoms with van der Waals surface area (Å²) in [4.78, 5) is 22.7. The van der Waals surface area contributed by atoms with Crippen molar-refractivity contribution >= 4 is 17.6 Å². The maximum absolute atomic E-state index is 12.3. The lowest BCUT2D eigenvalue weighted by molar-refractivity contribution is -0.148. The Labute approximate surface area is 123 Å². The fraction of sp³-hybridized carbons (Fsp3) is 0.467. The molecule has 0 atom stereocenters. The summed E-state index contributed by atoms with van der Waals surface area (Å²) in [6.45, 7) is 1.43. The second kappa shape index (κ2) is 6.13. The van der Waals surface area contributed by atoms with Crippen molar-refractivity contribution < 1.29 is 24.2 Å². The molecule has 21 heavy (non-hydrogen) atoms. The van der Waals surface area contributed by atoms with Crippen molar-refractivity contribution in [3.63, 3.8) is 0 Å². The number of benzene rings is 1. The molecule has 2 rings (SSSR count). The highest BCUT2D eigenvalue weighted by Crippen LogP contribution is 2.36. The summed E-state index contributed by atoms with van der Waals surface area (Å²) in [5.41, 5.74) is 0.771. The van der Waals surface area contributed by atoms with Gasteiger partial charge in [-0.05, 0) is 49.9 Å². The van der Waals surface area contributed by atoms with E-state index in [9.17, 15) is 9.59 Å². The first-order valence-electron chi connectivity index (χ1n) is 6.79. The minimum absolute atomic E-state index is 0.140. The molecule has 0 bridgehead atoms. The molecule has 1 aliphatic carbocycles. The van der Waals surface area contributed by atoms with Crippen LogP contribution in [0.3, 0.4) is 0 Å². The maximum Gasteiger partial charge on any atom is 0.341 e. The molecule has 0 saturated heterocycles. The minimum atomic E-state index is -1.03. The molecule has 6 heteroatoms. The van der Waals surface area contributed by atoms with Crippen LogP contribution in [0.5, 0.6) is 5.75 Å². The van der Waals surface area contributed by atoms with E-state index in [4.69, 9.17) is 14.6 Å². The summed E-state index contributed by atoms with van der Waals surface area (Å²) in [7, 11) is 1.55. The van der Waals surface area contributed by atoms with Gasteiger partial charge in [0.15, 0.2) is 6.61 Å². The molecule has 1 aromatic carbocycles. The van der Waals surface area contributed by atoms with Crippen molar-refractivity contribution in [3.8, 4) is 5.75 Å². The second-order valence-corrected chi connectivity index (χ2v) is 5.17. The van der Waals surface area contributed by atoms with Crippen LogP contribution in [0.2, 0.25) is 0 Å². The standard InChI is InChI=1S/C15H19NO5/c1-10-8-11(21-9-13(17)18)4-5-12(10)16-14(19)15(20-2)6-3-7-15/h4-5,8H,3,6-7,9H2,1-2H3,(H,16,19)(H,17,18).